The van der Waals surface area contributed by atoms with E-state index in [0.717, 1.165) is 30.6 Å². The lowest BCUT2D eigenvalue weighted by atomic mass is 9.50. The minimum atomic E-state index is -0.338. The van der Waals surface area contributed by atoms with Crippen LogP contribution in [0.25, 0.3) is 0 Å². The maximum Gasteiger partial charge on any atom is 0.146 e. The van der Waals surface area contributed by atoms with E-state index in [1.807, 2.05) is 0 Å². The largest absolute Gasteiger partial charge is 0.390 e. The quantitative estimate of drug-likeness (QED) is 0.712. The maximum absolute atomic E-state index is 10.7. The molecule has 3 unspecified atom stereocenters. The van der Waals surface area contributed by atoms with E-state index in [9.17, 15) is 5.11 Å². The zero-order chi connectivity index (χ0) is 19.0. The van der Waals surface area contributed by atoms with Crippen LogP contribution in [0.15, 0.2) is 0 Å². The van der Waals surface area contributed by atoms with Crippen LogP contribution < -0.4 is 0 Å². The Morgan fingerprint density at radius 3 is 2.41 bits per heavy atom. The van der Waals surface area contributed by atoms with Crippen molar-refractivity contribution in [2.45, 2.75) is 76.6 Å². The highest BCUT2D eigenvalue weighted by Gasteiger charge is 2.58. The van der Waals surface area contributed by atoms with Gasteiger partial charge in [0.05, 0.1) is 18.3 Å². The van der Waals surface area contributed by atoms with Crippen LogP contribution in [0.4, 0.5) is 0 Å². The zero-order valence-electron chi connectivity index (χ0n) is 17.3. The van der Waals surface area contributed by atoms with Gasteiger partial charge in [0.2, 0.25) is 0 Å². The zero-order valence-corrected chi connectivity index (χ0v) is 17.3. The lowest BCUT2D eigenvalue weighted by molar-refractivity contribution is -0.169. The highest BCUT2D eigenvalue weighted by atomic mass is 16.7. The molecule has 4 rings (SSSR count). The Bertz CT molecular complexity index is 499. The van der Waals surface area contributed by atoms with Gasteiger partial charge < -0.3 is 24.1 Å². The van der Waals surface area contributed by atoms with Gasteiger partial charge in [-0.05, 0) is 86.4 Å². The third-order valence-corrected chi connectivity index (χ3v) is 8.70. The smallest absolute Gasteiger partial charge is 0.146 e. The van der Waals surface area contributed by atoms with E-state index in [4.69, 9.17) is 18.9 Å². The number of methoxy groups -OCH3 is 2. The van der Waals surface area contributed by atoms with Gasteiger partial charge in [0, 0.05) is 14.2 Å². The number of hydrogen-bond donors (Lipinski definition) is 1. The second-order valence-electron chi connectivity index (χ2n) is 9.77. The summed E-state index contributed by atoms with van der Waals surface area (Å²) in [6, 6.07) is 0. The standard InChI is InChI=1S/C22H38O5/c1-22-9-8-15-16(18(22)6-7-21(22)27-13-25-3)5-4-14-10-20(26-12-24-2)19(23)11-17(14)15/h14-21,23H,4-13H2,1-3H3/t14?,15-,16+,17-,18-,19?,20?,21-,22-/m0/s1. The minimum absolute atomic E-state index is 0.0464. The van der Waals surface area contributed by atoms with Crippen LogP contribution in [0.5, 0.6) is 0 Å². The average molecular weight is 383 g/mol. The summed E-state index contributed by atoms with van der Waals surface area (Å²) in [5.41, 5.74) is 0.309. The van der Waals surface area contributed by atoms with Crippen LogP contribution in [0.1, 0.15) is 58.3 Å². The first kappa shape index (κ1) is 20.1. The van der Waals surface area contributed by atoms with E-state index in [2.05, 4.69) is 6.92 Å². The summed E-state index contributed by atoms with van der Waals surface area (Å²) < 4.78 is 22.1. The molecule has 5 heteroatoms. The molecule has 0 amide bonds. The molecule has 0 aromatic carbocycles. The maximum atomic E-state index is 10.7. The predicted octanol–water partition coefficient (Wildman–Crippen LogP) is 3.59. The Balaban J connectivity index is 1.44. The Kier molecular flexibility index (Phi) is 6.15. The van der Waals surface area contributed by atoms with Gasteiger partial charge in [-0.1, -0.05) is 6.92 Å². The predicted molar refractivity (Wildman–Crippen MR) is 102 cm³/mol. The van der Waals surface area contributed by atoms with Gasteiger partial charge in [0.25, 0.3) is 0 Å². The third-order valence-electron chi connectivity index (χ3n) is 8.70. The van der Waals surface area contributed by atoms with Crippen molar-refractivity contribution in [3.63, 3.8) is 0 Å². The number of aliphatic hydroxyl groups is 1. The first-order valence-corrected chi connectivity index (χ1v) is 11.0. The highest BCUT2D eigenvalue weighted by molar-refractivity contribution is 5.07. The van der Waals surface area contributed by atoms with Crippen LogP contribution in [0, 0.1) is 35.0 Å². The second-order valence-corrected chi connectivity index (χ2v) is 9.77. The summed E-state index contributed by atoms with van der Waals surface area (Å²) in [7, 11) is 3.36. The molecule has 0 aliphatic heterocycles. The molecule has 4 saturated carbocycles. The molecule has 0 saturated heterocycles. The second kappa shape index (κ2) is 8.27. The molecule has 4 fully saturated rings. The molecule has 0 radical (unpaired) electrons. The first-order chi connectivity index (χ1) is 13.1. The Labute approximate surface area is 164 Å². The fourth-order valence-corrected chi connectivity index (χ4v) is 7.49. The van der Waals surface area contributed by atoms with Crippen molar-refractivity contribution in [2.24, 2.45) is 35.0 Å². The fourth-order valence-electron chi connectivity index (χ4n) is 7.49. The van der Waals surface area contributed by atoms with Crippen molar-refractivity contribution >= 4 is 0 Å². The van der Waals surface area contributed by atoms with Gasteiger partial charge in [0.1, 0.15) is 13.6 Å². The molecule has 27 heavy (non-hydrogen) atoms. The highest BCUT2D eigenvalue weighted by Crippen LogP contribution is 2.63. The number of fused-ring (bicyclic) bond motifs is 5. The van der Waals surface area contributed by atoms with E-state index in [1.54, 1.807) is 14.2 Å². The van der Waals surface area contributed by atoms with Crippen molar-refractivity contribution in [2.75, 3.05) is 27.8 Å². The van der Waals surface area contributed by atoms with E-state index in [-0.39, 0.29) is 19.0 Å². The van der Waals surface area contributed by atoms with E-state index < -0.39 is 0 Å². The van der Waals surface area contributed by atoms with Gasteiger partial charge in [0.15, 0.2) is 0 Å². The van der Waals surface area contributed by atoms with Gasteiger partial charge >= 0.3 is 0 Å². The van der Waals surface area contributed by atoms with Gasteiger partial charge in [-0.3, -0.25) is 0 Å². The molecule has 0 bridgehead atoms. The molecule has 1 N–H and O–H groups in total. The van der Waals surface area contributed by atoms with E-state index >= 15 is 0 Å². The molecule has 0 aromatic rings. The van der Waals surface area contributed by atoms with Crippen molar-refractivity contribution in [1.82, 2.24) is 0 Å². The molecular weight excluding hydrogens is 344 g/mol. The summed E-state index contributed by atoms with van der Waals surface area (Å²) in [6.07, 6.45) is 9.54. The first-order valence-electron chi connectivity index (χ1n) is 11.0. The van der Waals surface area contributed by atoms with Crippen molar-refractivity contribution < 1.29 is 24.1 Å². The number of rotatable bonds is 6. The molecule has 9 atom stereocenters. The summed E-state index contributed by atoms with van der Waals surface area (Å²) in [6.45, 7) is 3.17. The van der Waals surface area contributed by atoms with Crippen LogP contribution >= 0.6 is 0 Å². The monoisotopic (exact) mass is 382 g/mol. The van der Waals surface area contributed by atoms with E-state index in [1.165, 1.54) is 38.5 Å². The summed E-state index contributed by atoms with van der Waals surface area (Å²) in [5, 5.41) is 10.7. The van der Waals surface area contributed by atoms with Crippen LogP contribution in [-0.4, -0.2) is 51.2 Å². The van der Waals surface area contributed by atoms with E-state index in [0.29, 0.717) is 30.1 Å². The van der Waals surface area contributed by atoms with Crippen LogP contribution in [0.3, 0.4) is 0 Å². The summed E-state index contributed by atoms with van der Waals surface area (Å²) in [5.74, 6) is 3.75. The molecule has 156 valence electrons. The Hall–Kier alpha value is -0.200. The average Bonchev–Trinajstić information content (AvgIpc) is 3.01. The fraction of sp³-hybridized carbons (Fsp3) is 1.00. The summed E-state index contributed by atoms with van der Waals surface area (Å²) >= 11 is 0. The van der Waals surface area contributed by atoms with Gasteiger partial charge in [-0.2, -0.15) is 0 Å². The molecule has 4 aliphatic rings. The minimum Gasteiger partial charge on any atom is -0.390 e. The molecule has 5 nitrogen and oxygen atoms in total. The third kappa shape index (κ3) is 3.59. The van der Waals surface area contributed by atoms with Crippen LogP contribution in [-0.2, 0) is 18.9 Å². The lowest BCUT2D eigenvalue weighted by Crippen LogP contribution is -2.52. The lowest BCUT2D eigenvalue weighted by Gasteiger charge is -2.56. The topological polar surface area (TPSA) is 57.2 Å². The van der Waals surface area contributed by atoms with Gasteiger partial charge in [-0.25, -0.2) is 0 Å². The van der Waals surface area contributed by atoms with Crippen molar-refractivity contribution in [1.29, 1.82) is 0 Å². The normalized spacial score (nSPS) is 49.3. The molecular formula is C22H38O5. The Morgan fingerprint density at radius 2 is 1.63 bits per heavy atom. The molecule has 0 aromatic heterocycles. The number of hydrogen-bond acceptors (Lipinski definition) is 5. The molecule has 4 aliphatic carbocycles. The summed E-state index contributed by atoms with van der Waals surface area (Å²) in [4.78, 5) is 0. The number of ether oxygens (including phenoxy) is 4. The van der Waals surface area contributed by atoms with Crippen LogP contribution in [0.2, 0.25) is 0 Å². The van der Waals surface area contributed by atoms with Crippen molar-refractivity contribution in [3.8, 4) is 0 Å². The SMILES string of the molecule is COCOC1CC2CC[C@@H]3[C@H](CC[C@]4(C)[C@@H](OCOC)CC[C@@H]34)[C@H]2CC1O. The Morgan fingerprint density at radius 1 is 0.852 bits per heavy atom. The number of aliphatic hydroxyl groups excluding tert-OH is 1. The van der Waals surface area contributed by atoms with Crippen molar-refractivity contribution in [3.05, 3.63) is 0 Å². The molecule has 0 spiro atoms. The molecule has 0 heterocycles. The van der Waals surface area contributed by atoms with Gasteiger partial charge in [-0.15, -0.1) is 0 Å².